The SMILES string of the molecule is COC(=O)c1ccccc1CNc1cccc(C(F)(F)F)c1. The molecule has 1 N–H and O–H groups in total. The van der Waals surface area contributed by atoms with Gasteiger partial charge in [-0.05, 0) is 29.8 Å². The first-order valence-electron chi connectivity index (χ1n) is 6.49. The Morgan fingerprint density at radius 2 is 1.86 bits per heavy atom. The lowest BCUT2D eigenvalue weighted by atomic mass is 10.1. The van der Waals surface area contributed by atoms with E-state index in [0.29, 0.717) is 16.8 Å². The molecule has 0 saturated carbocycles. The fraction of sp³-hybridized carbons (Fsp3) is 0.188. The highest BCUT2D eigenvalue weighted by molar-refractivity contribution is 5.91. The fourth-order valence-corrected chi connectivity index (χ4v) is 1.99. The zero-order chi connectivity index (χ0) is 16.2. The molecule has 0 spiro atoms. The van der Waals surface area contributed by atoms with Gasteiger partial charge < -0.3 is 10.1 Å². The van der Waals surface area contributed by atoms with Crippen LogP contribution >= 0.6 is 0 Å². The number of ether oxygens (including phenoxy) is 1. The third-order valence-electron chi connectivity index (χ3n) is 3.10. The molecule has 0 aliphatic heterocycles. The summed E-state index contributed by atoms with van der Waals surface area (Å²) in [4.78, 5) is 11.6. The first kappa shape index (κ1) is 15.9. The second-order valence-corrected chi connectivity index (χ2v) is 4.58. The highest BCUT2D eigenvalue weighted by Gasteiger charge is 2.30. The Hall–Kier alpha value is -2.50. The zero-order valence-electron chi connectivity index (χ0n) is 11.8. The minimum atomic E-state index is -4.39. The molecule has 6 heteroatoms. The monoisotopic (exact) mass is 309 g/mol. The lowest BCUT2D eigenvalue weighted by molar-refractivity contribution is -0.137. The Morgan fingerprint density at radius 1 is 1.14 bits per heavy atom. The molecule has 22 heavy (non-hydrogen) atoms. The van der Waals surface area contributed by atoms with Crippen molar-refractivity contribution in [2.75, 3.05) is 12.4 Å². The number of methoxy groups -OCH3 is 1. The Labute approximate surface area is 125 Å². The number of esters is 1. The predicted octanol–water partition coefficient (Wildman–Crippen LogP) is 4.10. The quantitative estimate of drug-likeness (QED) is 0.864. The van der Waals surface area contributed by atoms with Crippen molar-refractivity contribution >= 4 is 11.7 Å². The van der Waals surface area contributed by atoms with Crippen LogP contribution < -0.4 is 5.32 Å². The fourth-order valence-electron chi connectivity index (χ4n) is 1.99. The average Bonchev–Trinajstić information content (AvgIpc) is 2.52. The largest absolute Gasteiger partial charge is 0.465 e. The van der Waals surface area contributed by atoms with Gasteiger partial charge in [-0.15, -0.1) is 0 Å². The number of hydrogen-bond donors (Lipinski definition) is 1. The van der Waals surface area contributed by atoms with Crippen molar-refractivity contribution in [1.29, 1.82) is 0 Å². The summed E-state index contributed by atoms with van der Waals surface area (Å²) in [5.41, 5.74) is 0.629. The summed E-state index contributed by atoms with van der Waals surface area (Å²) >= 11 is 0. The van der Waals surface area contributed by atoms with E-state index in [9.17, 15) is 18.0 Å². The molecule has 0 atom stereocenters. The van der Waals surface area contributed by atoms with Gasteiger partial charge in [-0.1, -0.05) is 24.3 Å². The van der Waals surface area contributed by atoms with Gasteiger partial charge in [-0.25, -0.2) is 4.79 Å². The van der Waals surface area contributed by atoms with E-state index in [4.69, 9.17) is 0 Å². The lowest BCUT2D eigenvalue weighted by Crippen LogP contribution is -2.10. The molecule has 0 aliphatic carbocycles. The Bertz CT molecular complexity index is 668. The third-order valence-corrected chi connectivity index (χ3v) is 3.10. The van der Waals surface area contributed by atoms with Gasteiger partial charge in [0.25, 0.3) is 0 Å². The standard InChI is InChI=1S/C16H14F3NO2/c1-22-15(21)14-8-3-2-5-11(14)10-20-13-7-4-6-12(9-13)16(17,18)19/h2-9,20H,10H2,1H3. The van der Waals surface area contributed by atoms with Crippen LogP contribution in [0.1, 0.15) is 21.5 Å². The summed E-state index contributed by atoms with van der Waals surface area (Å²) in [7, 11) is 1.28. The molecular weight excluding hydrogens is 295 g/mol. The number of benzene rings is 2. The maximum Gasteiger partial charge on any atom is 0.416 e. The molecule has 2 aromatic rings. The van der Waals surface area contributed by atoms with Crippen LogP contribution in [0.5, 0.6) is 0 Å². The van der Waals surface area contributed by atoms with Gasteiger partial charge in [0.05, 0.1) is 18.2 Å². The molecule has 0 unspecified atom stereocenters. The number of carbonyl (C=O) groups excluding carboxylic acids is 1. The van der Waals surface area contributed by atoms with Crippen LogP contribution in [0.15, 0.2) is 48.5 Å². The molecule has 0 radical (unpaired) electrons. The second-order valence-electron chi connectivity index (χ2n) is 4.58. The van der Waals surface area contributed by atoms with Gasteiger partial charge >= 0.3 is 12.1 Å². The van der Waals surface area contributed by atoms with E-state index in [-0.39, 0.29) is 6.54 Å². The van der Waals surface area contributed by atoms with Gasteiger partial charge in [0.15, 0.2) is 0 Å². The van der Waals surface area contributed by atoms with Crippen molar-refractivity contribution in [1.82, 2.24) is 0 Å². The van der Waals surface area contributed by atoms with E-state index in [1.54, 1.807) is 24.3 Å². The summed E-state index contributed by atoms with van der Waals surface area (Å²) in [6, 6.07) is 11.7. The lowest BCUT2D eigenvalue weighted by Gasteiger charge is -2.12. The molecule has 0 amide bonds. The topological polar surface area (TPSA) is 38.3 Å². The first-order chi connectivity index (χ1) is 10.4. The van der Waals surface area contributed by atoms with Crippen molar-refractivity contribution in [2.45, 2.75) is 12.7 Å². The van der Waals surface area contributed by atoms with Crippen molar-refractivity contribution < 1.29 is 22.7 Å². The van der Waals surface area contributed by atoms with Gasteiger partial charge in [0, 0.05) is 12.2 Å². The summed E-state index contributed by atoms with van der Waals surface area (Å²) < 4.78 is 42.7. The summed E-state index contributed by atoms with van der Waals surface area (Å²) in [6.45, 7) is 0.215. The molecule has 0 aromatic heterocycles. The molecule has 0 saturated heterocycles. The molecule has 2 rings (SSSR count). The second kappa shape index (κ2) is 6.51. The van der Waals surface area contributed by atoms with E-state index in [0.717, 1.165) is 12.1 Å². The van der Waals surface area contributed by atoms with Crippen LogP contribution in [0.4, 0.5) is 18.9 Å². The average molecular weight is 309 g/mol. The first-order valence-corrected chi connectivity index (χ1v) is 6.49. The smallest absolute Gasteiger partial charge is 0.416 e. The normalized spacial score (nSPS) is 11.1. The van der Waals surface area contributed by atoms with Crippen LogP contribution in [0, 0.1) is 0 Å². The van der Waals surface area contributed by atoms with Gasteiger partial charge in [0.2, 0.25) is 0 Å². The maximum absolute atomic E-state index is 12.7. The Kier molecular flexibility index (Phi) is 4.70. The number of nitrogens with one attached hydrogen (secondary N) is 1. The summed E-state index contributed by atoms with van der Waals surface area (Å²) in [5, 5.41) is 2.89. The van der Waals surface area contributed by atoms with Crippen LogP contribution in [0.2, 0.25) is 0 Å². The molecule has 2 aromatic carbocycles. The number of alkyl halides is 3. The summed E-state index contributed by atoms with van der Waals surface area (Å²) in [6.07, 6.45) is -4.39. The zero-order valence-corrected chi connectivity index (χ0v) is 11.8. The Morgan fingerprint density at radius 3 is 2.55 bits per heavy atom. The highest BCUT2D eigenvalue weighted by Crippen LogP contribution is 2.30. The third kappa shape index (κ3) is 3.78. The predicted molar refractivity (Wildman–Crippen MR) is 76.6 cm³/mol. The van der Waals surface area contributed by atoms with E-state index in [1.165, 1.54) is 19.2 Å². The Balaban J connectivity index is 2.16. The molecule has 116 valence electrons. The van der Waals surface area contributed by atoms with Gasteiger partial charge in [0.1, 0.15) is 0 Å². The van der Waals surface area contributed by atoms with Crippen LogP contribution in [-0.4, -0.2) is 13.1 Å². The molecule has 0 heterocycles. The summed E-state index contributed by atoms with van der Waals surface area (Å²) in [5.74, 6) is -0.485. The molecule has 3 nitrogen and oxygen atoms in total. The van der Waals surface area contributed by atoms with Crippen molar-refractivity contribution in [2.24, 2.45) is 0 Å². The van der Waals surface area contributed by atoms with E-state index in [2.05, 4.69) is 10.1 Å². The van der Waals surface area contributed by atoms with E-state index in [1.807, 2.05) is 0 Å². The van der Waals surface area contributed by atoms with Crippen LogP contribution in [0.3, 0.4) is 0 Å². The van der Waals surface area contributed by atoms with Crippen molar-refractivity contribution in [3.8, 4) is 0 Å². The maximum atomic E-state index is 12.7. The molecule has 0 fully saturated rings. The number of hydrogen-bond acceptors (Lipinski definition) is 3. The highest BCUT2D eigenvalue weighted by atomic mass is 19.4. The number of rotatable bonds is 4. The van der Waals surface area contributed by atoms with E-state index >= 15 is 0 Å². The number of carbonyl (C=O) groups is 1. The number of halogens is 3. The molecule has 0 bridgehead atoms. The van der Waals surface area contributed by atoms with E-state index < -0.39 is 17.7 Å². The minimum absolute atomic E-state index is 0.215. The van der Waals surface area contributed by atoms with Crippen molar-refractivity contribution in [3.05, 3.63) is 65.2 Å². The van der Waals surface area contributed by atoms with Gasteiger partial charge in [-0.2, -0.15) is 13.2 Å². The van der Waals surface area contributed by atoms with Crippen LogP contribution in [-0.2, 0) is 17.5 Å². The minimum Gasteiger partial charge on any atom is -0.465 e. The van der Waals surface area contributed by atoms with Crippen molar-refractivity contribution in [3.63, 3.8) is 0 Å². The number of anilines is 1. The van der Waals surface area contributed by atoms with Gasteiger partial charge in [-0.3, -0.25) is 0 Å². The molecule has 0 aliphatic rings. The molecular formula is C16H14F3NO2. The van der Waals surface area contributed by atoms with Crippen LogP contribution in [0.25, 0.3) is 0 Å².